The molecule has 2 aromatic rings. The number of aliphatic carboxylic acids is 1. The van der Waals surface area contributed by atoms with Crippen molar-refractivity contribution >= 4 is 18.0 Å². The summed E-state index contributed by atoms with van der Waals surface area (Å²) in [6.45, 7) is 2.19. The fourth-order valence-electron chi connectivity index (χ4n) is 4.15. The summed E-state index contributed by atoms with van der Waals surface area (Å²) < 4.78 is 5.56. The predicted molar refractivity (Wildman–Crippen MR) is 125 cm³/mol. The molecule has 8 heteroatoms. The first-order valence-electron chi connectivity index (χ1n) is 11.1. The van der Waals surface area contributed by atoms with Gasteiger partial charge in [0.15, 0.2) is 0 Å². The van der Waals surface area contributed by atoms with Crippen molar-refractivity contribution in [1.82, 2.24) is 15.5 Å². The molecule has 0 spiro atoms. The van der Waals surface area contributed by atoms with Crippen LogP contribution < -0.4 is 10.6 Å². The van der Waals surface area contributed by atoms with Gasteiger partial charge >= 0.3 is 12.1 Å². The molecule has 176 valence electrons. The largest absolute Gasteiger partial charge is 0.481 e. The van der Waals surface area contributed by atoms with E-state index in [0.29, 0.717) is 6.42 Å². The lowest BCUT2D eigenvalue weighted by atomic mass is 9.98. The Morgan fingerprint density at radius 2 is 1.58 bits per heavy atom. The van der Waals surface area contributed by atoms with Crippen LogP contribution in [0, 0.1) is 0 Å². The zero-order valence-electron chi connectivity index (χ0n) is 19.2. The van der Waals surface area contributed by atoms with E-state index in [1.807, 2.05) is 36.4 Å². The van der Waals surface area contributed by atoms with Crippen LogP contribution in [0.5, 0.6) is 0 Å². The van der Waals surface area contributed by atoms with Crippen LogP contribution in [0.4, 0.5) is 4.79 Å². The van der Waals surface area contributed by atoms with Crippen molar-refractivity contribution in [2.75, 3.05) is 27.2 Å². The fourth-order valence-corrected chi connectivity index (χ4v) is 4.15. The number of amides is 2. The van der Waals surface area contributed by atoms with Crippen LogP contribution in [-0.2, 0) is 14.3 Å². The number of carboxylic acids is 1. The Balaban J connectivity index is 1.65. The molecule has 0 aliphatic heterocycles. The number of carbonyl (C=O) groups excluding carboxylic acids is 2. The third kappa shape index (κ3) is 6.10. The third-order valence-corrected chi connectivity index (χ3v) is 5.76. The maximum atomic E-state index is 12.8. The Morgan fingerprint density at radius 1 is 1.00 bits per heavy atom. The molecule has 1 aliphatic carbocycles. The summed E-state index contributed by atoms with van der Waals surface area (Å²) in [4.78, 5) is 38.2. The first kappa shape index (κ1) is 24.3. The van der Waals surface area contributed by atoms with Crippen molar-refractivity contribution in [3.05, 3.63) is 59.7 Å². The topological polar surface area (TPSA) is 108 Å². The number of carboxylic acid groups (broad SMARTS) is 1. The molecular weight excluding hydrogens is 422 g/mol. The molecule has 2 atom stereocenters. The Bertz CT molecular complexity index is 962. The summed E-state index contributed by atoms with van der Waals surface area (Å²) in [7, 11) is 3.57. The molecule has 0 aromatic heterocycles. The molecular formula is C25H31N3O5. The van der Waals surface area contributed by atoms with Gasteiger partial charge in [0.25, 0.3) is 0 Å². The van der Waals surface area contributed by atoms with E-state index in [0.717, 1.165) is 22.3 Å². The number of rotatable bonds is 10. The molecule has 2 aromatic carbocycles. The monoisotopic (exact) mass is 453 g/mol. The van der Waals surface area contributed by atoms with Gasteiger partial charge in [-0.1, -0.05) is 55.5 Å². The molecule has 8 nitrogen and oxygen atoms in total. The molecule has 1 aliphatic rings. The van der Waals surface area contributed by atoms with Crippen LogP contribution in [0.3, 0.4) is 0 Å². The minimum atomic E-state index is -0.990. The smallest absolute Gasteiger partial charge is 0.407 e. The molecule has 0 heterocycles. The van der Waals surface area contributed by atoms with Gasteiger partial charge in [0.05, 0.1) is 6.42 Å². The van der Waals surface area contributed by atoms with Crippen LogP contribution in [0.25, 0.3) is 11.1 Å². The van der Waals surface area contributed by atoms with E-state index in [4.69, 9.17) is 9.84 Å². The summed E-state index contributed by atoms with van der Waals surface area (Å²) in [5.74, 6) is -1.51. The standard InChI is InChI=1S/C25H31N3O5/c1-4-16(13-23(29)30)26-24(31)22(14-28(2)3)27-25(32)33-15-21-19-11-7-5-9-17(19)18-10-6-8-12-20(18)21/h5-12,16,21-22H,4,13-15H2,1-3H3,(H,26,31)(H,27,32)(H,29,30)/t16-,22-/m0/s1. The summed E-state index contributed by atoms with van der Waals surface area (Å²) in [6.07, 6.45) is -0.398. The van der Waals surface area contributed by atoms with Gasteiger partial charge in [0.1, 0.15) is 12.6 Å². The number of benzene rings is 2. The minimum Gasteiger partial charge on any atom is -0.481 e. The van der Waals surface area contributed by atoms with Crippen molar-refractivity contribution in [2.45, 2.75) is 37.8 Å². The van der Waals surface area contributed by atoms with Crippen molar-refractivity contribution < 1.29 is 24.2 Å². The van der Waals surface area contributed by atoms with Gasteiger partial charge in [0.2, 0.25) is 5.91 Å². The highest BCUT2D eigenvalue weighted by Crippen LogP contribution is 2.44. The van der Waals surface area contributed by atoms with Gasteiger partial charge in [-0.15, -0.1) is 0 Å². The fraction of sp³-hybridized carbons (Fsp3) is 0.400. The van der Waals surface area contributed by atoms with Gasteiger partial charge in [-0.3, -0.25) is 9.59 Å². The van der Waals surface area contributed by atoms with E-state index >= 15 is 0 Å². The lowest BCUT2D eigenvalue weighted by Crippen LogP contribution is -2.54. The van der Waals surface area contributed by atoms with Crippen LogP contribution in [-0.4, -0.2) is 67.3 Å². The van der Waals surface area contributed by atoms with E-state index in [9.17, 15) is 14.4 Å². The number of hydrogen-bond acceptors (Lipinski definition) is 5. The number of nitrogens with one attached hydrogen (secondary N) is 2. The summed E-state index contributed by atoms with van der Waals surface area (Å²) >= 11 is 0. The summed E-state index contributed by atoms with van der Waals surface area (Å²) in [5.41, 5.74) is 4.48. The second-order valence-corrected chi connectivity index (χ2v) is 8.50. The van der Waals surface area contributed by atoms with E-state index < -0.39 is 30.1 Å². The number of fused-ring (bicyclic) bond motifs is 3. The lowest BCUT2D eigenvalue weighted by Gasteiger charge is -2.24. The number of hydrogen-bond donors (Lipinski definition) is 3. The van der Waals surface area contributed by atoms with Crippen molar-refractivity contribution in [3.63, 3.8) is 0 Å². The second-order valence-electron chi connectivity index (χ2n) is 8.50. The van der Waals surface area contributed by atoms with Gasteiger partial charge in [-0.2, -0.15) is 0 Å². The van der Waals surface area contributed by atoms with E-state index in [1.165, 1.54) is 0 Å². The average molecular weight is 454 g/mol. The number of ether oxygens (including phenoxy) is 1. The molecule has 0 radical (unpaired) electrons. The number of carbonyl (C=O) groups is 3. The second kappa shape index (κ2) is 11.0. The third-order valence-electron chi connectivity index (χ3n) is 5.76. The number of alkyl carbamates (subject to hydrolysis) is 1. The highest BCUT2D eigenvalue weighted by molar-refractivity contribution is 5.86. The normalized spacial score (nSPS) is 14.2. The maximum absolute atomic E-state index is 12.8. The molecule has 0 saturated carbocycles. The quantitative estimate of drug-likeness (QED) is 0.511. The molecule has 2 amide bonds. The molecule has 3 N–H and O–H groups in total. The first-order chi connectivity index (χ1) is 15.8. The average Bonchev–Trinajstić information content (AvgIpc) is 3.10. The highest BCUT2D eigenvalue weighted by atomic mass is 16.5. The minimum absolute atomic E-state index is 0.0793. The Morgan fingerprint density at radius 3 is 2.09 bits per heavy atom. The first-order valence-corrected chi connectivity index (χ1v) is 11.1. The number of likely N-dealkylation sites (N-methyl/N-ethyl adjacent to an activating group) is 1. The number of nitrogens with zero attached hydrogens (tertiary/aromatic N) is 1. The van der Waals surface area contributed by atoms with Crippen LogP contribution in [0.2, 0.25) is 0 Å². The molecule has 3 rings (SSSR count). The van der Waals surface area contributed by atoms with E-state index in [2.05, 4.69) is 22.8 Å². The zero-order chi connectivity index (χ0) is 24.0. The molecule has 0 saturated heterocycles. The molecule has 33 heavy (non-hydrogen) atoms. The Kier molecular flexibility index (Phi) is 8.06. The van der Waals surface area contributed by atoms with Crippen molar-refractivity contribution in [3.8, 4) is 11.1 Å². The van der Waals surface area contributed by atoms with Gasteiger partial charge < -0.3 is 25.4 Å². The highest BCUT2D eigenvalue weighted by Gasteiger charge is 2.30. The molecule has 0 bridgehead atoms. The lowest BCUT2D eigenvalue weighted by molar-refractivity contribution is -0.137. The van der Waals surface area contributed by atoms with Crippen LogP contribution >= 0.6 is 0 Å². The summed E-state index contributed by atoms with van der Waals surface area (Å²) in [6, 6.07) is 14.7. The Hall–Kier alpha value is -3.39. The molecule has 0 unspecified atom stereocenters. The predicted octanol–water partition coefficient (Wildman–Crippen LogP) is 2.82. The van der Waals surface area contributed by atoms with Gasteiger partial charge in [0, 0.05) is 18.5 Å². The maximum Gasteiger partial charge on any atom is 0.407 e. The van der Waals surface area contributed by atoms with Crippen molar-refractivity contribution in [1.29, 1.82) is 0 Å². The van der Waals surface area contributed by atoms with Crippen LogP contribution in [0.1, 0.15) is 36.8 Å². The van der Waals surface area contributed by atoms with Crippen molar-refractivity contribution in [2.24, 2.45) is 0 Å². The van der Waals surface area contributed by atoms with Gasteiger partial charge in [-0.25, -0.2) is 4.79 Å². The van der Waals surface area contributed by atoms with E-state index in [-0.39, 0.29) is 25.5 Å². The van der Waals surface area contributed by atoms with E-state index in [1.54, 1.807) is 25.9 Å². The van der Waals surface area contributed by atoms with Gasteiger partial charge in [-0.05, 0) is 42.8 Å². The summed E-state index contributed by atoms with van der Waals surface area (Å²) in [5, 5.41) is 14.4. The SMILES string of the molecule is CC[C@@H](CC(=O)O)NC(=O)[C@H](CN(C)C)NC(=O)OCC1c2ccccc2-c2ccccc21. The van der Waals surface area contributed by atoms with Crippen LogP contribution in [0.15, 0.2) is 48.5 Å². The zero-order valence-corrected chi connectivity index (χ0v) is 19.2. The Labute approximate surface area is 193 Å². The molecule has 0 fully saturated rings.